The first-order chi connectivity index (χ1) is 11.1. The van der Waals surface area contributed by atoms with Gasteiger partial charge in [-0.05, 0) is 37.1 Å². The molecule has 0 atom stereocenters. The summed E-state index contributed by atoms with van der Waals surface area (Å²) in [6.07, 6.45) is 0. The molecule has 2 aromatic carbocycles. The van der Waals surface area contributed by atoms with Crippen molar-refractivity contribution in [3.63, 3.8) is 0 Å². The van der Waals surface area contributed by atoms with Crippen LogP contribution in [-0.2, 0) is 0 Å². The number of anilines is 1. The third-order valence-corrected chi connectivity index (χ3v) is 3.37. The van der Waals surface area contributed by atoms with Gasteiger partial charge in [0.2, 0.25) is 0 Å². The van der Waals surface area contributed by atoms with E-state index in [0.29, 0.717) is 19.1 Å². The first kappa shape index (κ1) is 20.1. The van der Waals surface area contributed by atoms with Crippen LogP contribution in [0.4, 0.5) is 5.69 Å². The number of benzene rings is 2. The molecular formula is C18H24IN3O2. The third kappa shape index (κ3) is 5.92. The van der Waals surface area contributed by atoms with E-state index < -0.39 is 0 Å². The van der Waals surface area contributed by atoms with Crippen molar-refractivity contribution < 1.29 is 9.47 Å². The quantitative estimate of drug-likeness (QED) is 0.310. The molecule has 3 N–H and O–H groups in total. The van der Waals surface area contributed by atoms with Crippen LogP contribution in [-0.4, -0.2) is 26.2 Å². The first-order valence-electron chi connectivity index (χ1n) is 7.50. The second-order valence-electron chi connectivity index (χ2n) is 5.19. The molecule has 0 saturated heterocycles. The summed E-state index contributed by atoms with van der Waals surface area (Å²) in [4.78, 5) is 4.27. The predicted octanol–water partition coefficient (Wildman–Crippen LogP) is 3.74. The summed E-state index contributed by atoms with van der Waals surface area (Å²) in [5, 5.41) is 3.03. The zero-order chi connectivity index (χ0) is 16.7. The number of nitrogens with two attached hydrogens (primary N) is 1. The van der Waals surface area contributed by atoms with Crippen LogP contribution >= 0.6 is 24.0 Å². The van der Waals surface area contributed by atoms with Crippen molar-refractivity contribution in [1.29, 1.82) is 0 Å². The average Bonchev–Trinajstić information content (AvgIpc) is 2.54. The number of para-hydroxylation sites is 1. The van der Waals surface area contributed by atoms with Crippen LogP contribution in [0.1, 0.15) is 11.1 Å². The fourth-order valence-corrected chi connectivity index (χ4v) is 2.23. The number of ether oxygens (including phenoxy) is 2. The summed E-state index contributed by atoms with van der Waals surface area (Å²) >= 11 is 0. The largest absolute Gasteiger partial charge is 0.497 e. The number of methoxy groups -OCH3 is 1. The molecule has 2 rings (SSSR count). The van der Waals surface area contributed by atoms with Crippen LogP contribution < -0.4 is 20.5 Å². The first-order valence-corrected chi connectivity index (χ1v) is 7.50. The second-order valence-corrected chi connectivity index (χ2v) is 5.19. The Bertz CT molecular complexity index is 669. The standard InChI is InChI=1S/C18H23N3O2.HI/c1-13-6-4-7-14(2)17(13)23-11-10-20-18(19)21-15-8-5-9-16(12-15)22-3;/h4-9,12H,10-11H2,1-3H3,(H3,19,20,21);1H. The van der Waals surface area contributed by atoms with Crippen LogP contribution in [0.3, 0.4) is 0 Å². The minimum Gasteiger partial charge on any atom is -0.497 e. The van der Waals surface area contributed by atoms with Gasteiger partial charge in [-0.15, -0.1) is 24.0 Å². The molecule has 24 heavy (non-hydrogen) atoms. The molecule has 2 aromatic rings. The molecular weight excluding hydrogens is 417 g/mol. The molecule has 130 valence electrons. The Morgan fingerprint density at radius 3 is 2.46 bits per heavy atom. The van der Waals surface area contributed by atoms with E-state index in [1.165, 1.54) is 0 Å². The normalized spacial score (nSPS) is 10.7. The van der Waals surface area contributed by atoms with Crippen LogP contribution in [0, 0.1) is 13.8 Å². The number of hydrogen-bond donors (Lipinski definition) is 2. The van der Waals surface area contributed by atoms with Crippen molar-refractivity contribution in [2.24, 2.45) is 10.7 Å². The van der Waals surface area contributed by atoms with Gasteiger partial charge >= 0.3 is 0 Å². The van der Waals surface area contributed by atoms with E-state index in [1.54, 1.807) is 7.11 Å². The molecule has 0 aliphatic rings. The topological polar surface area (TPSA) is 68.9 Å². The van der Waals surface area contributed by atoms with Crippen LogP contribution in [0.15, 0.2) is 47.5 Å². The van der Waals surface area contributed by atoms with Crippen molar-refractivity contribution >= 4 is 35.6 Å². The molecule has 5 nitrogen and oxygen atoms in total. The number of rotatable bonds is 6. The van der Waals surface area contributed by atoms with Crippen molar-refractivity contribution in [3.05, 3.63) is 53.6 Å². The van der Waals surface area contributed by atoms with E-state index in [4.69, 9.17) is 15.2 Å². The summed E-state index contributed by atoms with van der Waals surface area (Å²) in [5.41, 5.74) is 8.96. The van der Waals surface area contributed by atoms with Crippen LogP contribution in [0.2, 0.25) is 0 Å². The summed E-state index contributed by atoms with van der Waals surface area (Å²) in [7, 11) is 1.63. The molecule has 0 aliphatic heterocycles. The van der Waals surface area contributed by atoms with Crippen molar-refractivity contribution in [1.82, 2.24) is 0 Å². The second kappa shape index (κ2) is 10.0. The van der Waals surface area contributed by atoms with E-state index in [-0.39, 0.29) is 24.0 Å². The molecule has 0 aliphatic carbocycles. The SMILES string of the molecule is COc1cccc(NC(N)=NCCOc2c(C)cccc2C)c1.I. The van der Waals surface area contributed by atoms with Gasteiger partial charge in [0.15, 0.2) is 5.96 Å². The highest BCUT2D eigenvalue weighted by Crippen LogP contribution is 2.22. The Morgan fingerprint density at radius 2 is 1.79 bits per heavy atom. The summed E-state index contributed by atoms with van der Waals surface area (Å²) in [5.74, 6) is 2.03. The van der Waals surface area contributed by atoms with Gasteiger partial charge in [-0.3, -0.25) is 0 Å². The van der Waals surface area contributed by atoms with Gasteiger partial charge in [0.05, 0.1) is 13.7 Å². The smallest absolute Gasteiger partial charge is 0.193 e. The van der Waals surface area contributed by atoms with Gasteiger partial charge < -0.3 is 20.5 Å². The van der Waals surface area contributed by atoms with Gasteiger partial charge in [-0.2, -0.15) is 0 Å². The molecule has 0 spiro atoms. The van der Waals surface area contributed by atoms with Crippen molar-refractivity contribution in [3.8, 4) is 11.5 Å². The monoisotopic (exact) mass is 441 g/mol. The Balaban J connectivity index is 0.00000288. The maximum absolute atomic E-state index is 5.88. The summed E-state index contributed by atoms with van der Waals surface area (Å²) in [6.45, 7) is 5.03. The lowest BCUT2D eigenvalue weighted by atomic mass is 10.1. The maximum atomic E-state index is 5.88. The number of hydrogen-bond acceptors (Lipinski definition) is 3. The number of aliphatic imine (C=N–C) groups is 1. The molecule has 0 fully saturated rings. The minimum atomic E-state index is 0. The maximum Gasteiger partial charge on any atom is 0.193 e. The Morgan fingerprint density at radius 1 is 1.12 bits per heavy atom. The Hall–Kier alpha value is -1.96. The lowest BCUT2D eigenvalue weighted by Gasteiger charge is -2.11. The molecule has 0 unspecified atom stereocenters. The number of guanidine groups is 1. The van der Waals surface area contributed by atoms with E-state index in [9.17, 15) is 0 Å². The number of halogens is 1. The van der Waals surface area contributed by atoms with Gasteiger partial charge in [-0.25, -0.2) is 4.99 Å². The molecule has 0 radical (unpaired) electrons. The van der Waals surface area contributed by atoms with E-state index >= 15 is 0 Å². The fraction of sp³-hybridized carbons (Fsp3) is 0.278. The lowest BCUT2D eigenvalue weighted by Crippen LogP contribution is -2.23. The third-order valence-electron chi connectivity index (χ3n) is 3.37. The van der Waals surface area contributed by atoms with Gasteiger partial charge in [0, 0.05) is 11.8 Å². The van der Waals surface area contributed by atoms with E-state index in [0.717, 1.165) is 28.3 Å². The van der Waals surface area contributed by atoms with Gasteiger partial charge in [-0.1, -0.05) is 24.3 Å². The molecule has 0 heterocycles. The molecule has 0 saturated carbocycles. The fourth-order valence-electron chi connectivity index (χ4n) is 2.23. The van der Waals surface area contributed by atoms with E-state index in [2.05, 4.69) is 10.3 Å². The highest BCUT2D eigenvalue weighted by molar-refractivity contribution is 14.0. The van der Waals surface area contributed by atoms with Crippen LogP contribution in [0.5, 0.6) is 11.5 Å². The highest BCUT2D eigenvalue weighted by Gasteiger charge is 2.02. The van der Waals surface area contributed by atoms with E-state index in [1.807, 2.05) is 56.3 Å². The minimum absolute atomic E-state index is 0. The van der Waals surface area contributed by atoms with Crippen LogP contribution in [0.25, 0.3) is 0 Å². The van der Waals surface area contributed by atoms with Crippen molar-refractivity contribution in [2.45, 2.75) is 13.8 Å². The molecule has 0 amide bonds. The zero-order valence-corrected chi connectivity index (χ0v) is 16.5. The van der Waals surface area contributed by atoms with Gasteiger partial charge in [0.1, 0.15) is 18.1 Å². The Kier molecular flexibility index (Phi) is 8.39. The van der Waals surface area contributed by atoms with Gasteiger partial charge in [0.25, 0.3) is 0 Å². The summed E-state index contributed by atoms with van der Waals surface area (Å²) < 4.78 is 11.0. The number of nitrogens with one attached hydrogen (secondary N) is 1. The Labute approximate surface area is 160 Å². The summed E-state index contributed by atoms with van der Waals surface area (Å²) in [6, 6.07) is 13.6. The predicted molar refractivity (Wildman–Crippen MR) is 110 cm³/mol. The number of nitrogens with zero attached hydrogens (tertiary/aromatic N) is 1. The lowest BCUT2D eigenvalue weighted by molar-refractivity contribution is 0.324. The number of aryl methyl sites for hydroxylation is 2. The molecule has 0 bridgehead atoms. The average molecular weight is 441 g/mol. The van der Waals surface area contributed by atoms with Crippen molar-refractivity contribution in [2.75, 3.05) is 25.6 Å². The molecule has 6 heteroatoms. The molecule has 0 aromatic heterocycles. The zero-order valence-electron chi connectivity index (χ0n) is 14.2. The highest BCUT2D eigenvalue weighted by atomic mass is 127.